The smallest absolute Gasteiger partial charge is 0.252 e. The number of pyridine rings is 1. The van der Waals surface area contributed by atoms with Gasteiger partial charge in [-0.2, -0.15) is 5.10 Å². The Labute approximate surface area is 150 Å². The van der Waals surface area contributed by atoms with Crippen molar-refractivity contribution in [1.29, 1.82) is 0 Å². The van der Waals surface area contributed by atoms with Crippen molar-refractivity contribution in [2.75, 3.05) is 13.1 Å². The lowest BCUT2D eigenvalue weighted by Gasteiger charge is -2.13. The zero-order valence-corrected chi connectivity index (χ0v) is 15.1. The number of hydrogen-bond donors (Lipinski definition) is 2. The van der Waals surface area contributed by atoms with Crippen molar-refractivity contribution in [1.82, 2.24) is 25.4 Å². The average Bonchev–Trinajstić information content (AvgIpc) is 3.34. The number of hydrogen-bond acceptors (Lipinski definition) is 5. The zero-order chi connectivity index (χ0) is 17.4. The molecule has 7 heteroatoms. The number of thiophene rings is 1. The number of fused-ring (bicyclic) bond motifs is 1. The van der Waals surface area contributed by atoms with E-state index >= 15 is 0 Å². The molecule has 0 aliphatic carbocycles. The minimum absolute atomic E-state index is 0.0535. The van der Waals surface area contributed by atoms with Crippen molar-refractivity contribution >= 4 is 28.3 Å². The van der Waals surface area contributed by atoms with Crippen LogP contribution in [0.2, 0.25) is 0 Å². The van der Waals surface area contributed by atoms with Crippen LogP contribution in [-0.4, -0.2) is 39.8 Å². The van der Waals surface area contributed by atoms with Crippen molar-refractivity contribution in [3.05, 3.63) is 35.3 Å². The van der Waals surface area contributed by atoms with Gasteiger partial charge in [-0.3, -0.25) is 4.79 Å². The standard InChI is InChI=1S/C18H21N5OS/c1-11(2)23-17-14(10-20-23)13(18(24)21-12-5-6-19-9-12)8-15(22-17)16-4-3-7-25-16/h3-4,7-8,10-12,19H,5-6,9H2,1-2H3,(H,21,24). The molecule has 130 valence electrons. The number of carbonyl (C=O) groups excluding carboxylic acids is 1. The average molecular weight is 355 g/mol. The minimum atomic E-state index is -0.0535. The molecule has 1 saturated heterocycles. The van der Waals surface area contributed by atoms with Gasteiger partial charge in [-0.15, -0.1) is 11.3 Å². The highest BCUT2D eigenvalue weighted by atomic mass is 32.1. The first-order chi connectivity index (χ1) is 12.1. The van der Waals surface area contributed by atoms with Crippen LogP contribution in [0.15, 0.2) is 29.8 Å². The maximum Gasteiger partial charge on any atom is 0.252 e. The summed E-state index contributed by atoms with van der Waals surface area (Å²) in [5, 5.41) is 13.7. The Kier molecular flexibility index (Phi) is 4.27. The van der Waals surface area contributed by atoms with Gasteiger partial charge < -0.3 is 10.6 Å². The number of amides is 1. The highest BCUT2D eigenvalue weighted by molar-refractivity contribution is 7.13. The molecular weight excluding hydrogens is 334 g/mol. The first kappa shape index (κ1) is 16.2. The van der Waals surface area contributed by atoms with Gasteiger partial charge in [0.15, 0.2) is 5.65 Å². The summed E-state index contributed by atoms with van der Waals surface area (Å²) < 4.78 is 1.88. The van der Waals surface area contributed by atoms with Crippen LogP contribution >= 0.6 is 11.3 Å². The van der Waals surface area contributed by atoms with Crippen molar-refractivity contribution in [3.63, 3.8) is 0 Å². The molecule has 1 aliphatic heterocycles. The number of carbonyl (C=O) groups is 1. The van der Waals surface area contributed by atoms with Gasteiger partial charge in [-0.1, -0.05) is 6.07 Å². The van der Waals surface area contributed by atoms with Crippen LogP contribution in [0.25, 0.3) is 21.6 Å². The Balaban J connectivity index is 1.82. The number of rotatable bonds is 4. The Morgan fingerprint density at radius 2 is 2.36 bits per heavy atom. The summed E-state index contributed by atoms with van der Waals surface area (Å²) in [7, 11) is 0. The number of nitrogens with zero attached hydrogens (tertiary/aromatic N) is 3. The maximum atomic E-state index is 12.9. The lowest BCUT2D eigenvalue weighted by atomic mass is 10.1. The van der Waals surface area contributed by atoms with Gasteiger partial charge in [0.05, 0.1) is 27.7 Å². The highest BCUT2D eigenvalue weighted by Crippen LogP contribution is 2.29. The van der Waals surface area contributed by atoms with Crippen LogP contribution in [0.1, 0.15) is 36.7 Å². The van der Waals surface area contributed by atoms with Gasteiger partial charge in [0.1, 0.15) is 0 Å². The Morgan fingerprint density at radius 3 is 3.04 bits per heavy atom. The van der Waals surface area contributed by atoms with E-state index in [9.17, 15) is 4.79 Å². The molecule has 0 saturated carbocycles. The molecule has 6 nitrogen and oxygen atoms in total. The van der Waals surface area contributed by atoms with E-state index in [0.717, 1.165) is 41.1 Å². The molecule has 4 rings (SSSR count). The molecule has 1 atom stereocenters. The van der Waals surface area contributed by atoms with E-state index in [-0.39, 0.29) is 18.0 Å². The molecule has 0 radical (unpaired) electrons. The molecule has 3 aromatic heterocycles. The van der Waals surface area contributed by atoms with E-state index in [1.807, 2.05) is 28.3 Å². The topological polar surface area (TPSA) is 71.8 Å². The van der Waals surface area contributed by atoms with Gasteiger partial charge in [0, 0.05) is 18.6 Å². The first-order valence-electron chi connectivity index (χ1n) is 8.57. The first-order valence-corrected chi connectivity index (χ1v) is 9.45. The third-order valence-electron chi connectivity index (χ3n) is 4.47. The lowest BCUT2D eigenvalue weighted by Crippen LogP contribution is -2.36. The summed E-state index contributed by atoms with van der Waals surface area (Å²) in [5.41, 5.74) is 2.22. The predicted molar refractivity (Wildman–Crippen MR) is 100.0 cm³/mol. The molecule has 1 fully saturated rings. The highest BCUT2D eigenvalue weighted by Gasteiger charge is 2.22. The van der Waals surface area contributed by atoms with Crippen LogP contribution in [-0.2, 0) is 0 Å². The molecule has 0 aromatic carbocycles. The summed E-state index contributed by atoms with van der Waals surface area (Å²) in [6.45, 7) is 5.90. The molecule has 1 unspecified atom stereocenters. The summed E-state index contributed by atoms with van der Waals surface area (Å²) in [4.78, 5) is 18.8. The molecule has 25 heavy (non-hydrogen) atoms. The van der Waals surface area contributed by atoms with Crippen molar-refractivity contribution in [2.45, 2.75) is 32.4 Å². The molecule has 0 bridgehead atoms. The predicted octanol–water partition coefficient (Wildman–Crippen LogP) is 2.83. The van der Waals surface area contributed by atoms with E-state index in [4.69, 9.17) is 4.98 Å². The summed E-state index contributed by atoms with van der Waals surface area (Å²) >= 11 is 1.62. The quantitative estimate of drug-likeness (QED) is 0.755. The van der Waals surface area contributed by atoms with Crippen molar-refractivity contribution < 1.29 is 4.79 Å². The Hall–Kier alpha value is -2.25. The van der Waals surface area contributed by atoms with Crippen LogP contribution in [0.5, 0.6) is 0 Å². The normalized spacial score (nSPS) is 17.5. The largest absolute Gasteiger partial charge is 0.348 e. The van der Waals surface area contributed by atoms with Crippen molar-refractivity contribution in [3.8, 4) is 10.6 Å². The van der Waals surface area contributed by atoms with E-state index in [2.05, 4.69) is 29.6 Å². The second kappa shape index (κ2) is 6.57. The molecule has 4 heterocycles. The summed E-state index contributed by atoms with van der Waals surface area (Å²) in [6.07, 6.45) is 2.71. The van der Waals surface area contributed by atoms with Gasteiger partial charge >= 0.3 is 0 Å². The molecule has 1 aliphatic rings. The Morgan fingerprint density at radius 1 is 1.48 bits per heavy atom. The van der Waals surface area contributed by atoms with E-state index in [0.29, 0.717) is 5.56 Å². The number of nitrogens with one attached hydrogen (secondary N) is 2. The third kappa shape index (κ3) is 3.05. The molecule has 3 aromatic rings. The zero-order valence-electron chi connectivity index (χ0n) is 14.3. The Bertz CT molecular complexity index is 894. The van der Waals surface area contributed by atoms with E-state index in [1.54, 1.807) is 17.5 Å². The fourth-order valence-electron chi connectivity index (χ4n) is 3.18. The van der Waals surface area contributed by atoms with Crippen LogP contribution in [0, 0.1) is 0 Å². The van der Waals surface area contributed by atoms with Crippen LogP contribution in [0.4, 0.5) is 0 Å². The second-order valence-electron chi connectivity index (χ2n) is 6.62. The molecule has 2 N–H and O–H groups in total. The minimum Gasteiger partial charge on any atom is -0.348 e. The van der Waals surface area contributed by atoms with E-state index < -0.39 is 0 Å². The molecule has 0 spiro atoms. The van der Waals surface area contributed by atoms with Crippen LogP contribution in [0.3, 0.4) is 0 Å². The maximum absolute atomic E-state index is 12.9. The molecular formula is C18H21N5OS. The van der Waals surface area contributed by atoms with E-state index in [1.165, 1.54) is 0 Å². The monoisotopic (exact) mass is 355 g/mol. The fraction of sp³-hybridized carbons (Fsp3) is 0.389. The lowest BCUT2D eigenvalue weighted by molar-refractivity contribution is 0.0941. The third-order valence-corrected chi connectivity index (χ3v) is 5.36. The summed E-state index contributed by atoms with van der Waals surface area (Å²) in [6, 6.07) is 6.27. The fourth-order valence-corrected chi connectivity index (χ4v) is 3.86. The van der Waals surface area contributed by atoms with Gasteiger partial charge in [-0.05, 0) is 44.3 Å². The van der Waals surface area contributed by atoms with Gasteiger partial charge in [0.2, 0.25) is 0 Å². The SMILES string of the molecule is CC(C)n1ncc2c(C(=O)NC3CCNC3)cc(-c3cccs3)nc21. The summed E-state index contributed by atoms with van der Waals surface area (Å²) in [5.74, 6) is -0.0535. The molecule has 1 amide bonds. The van der Waals surface area contributed by atoms with Crippen molar-refractivity contribution in [2.24, 2.45) is 0 Å². The van der Waals surface area contributed by atoms with Gasteiger partial charge in [-0.25, -0.2) is 9.67 Å². The van der Waals surface area contributed by atoms with Crippen LogP contribution < -0.4 is 10.6 Å². The number of aromatic nitrogens is 3. The second-order valence-corrected chi connectivity index (χ2v) is 7.56. The van der Waals surface area contributed by atoms with Gasteiger partial charge in [0.25, 0.3) is 5.91 Å².